The Morgan fingerprint density at radius 2 is 1.89 bits per heavy atom. The van der Waals surface area contributed by atoms with E-state index < -0.39 is 0 Å². The van der Waals surface area contributed by atoms with Crippen LogP contribution in [-0.2, 0) is 0 Å². The summed E-state index contributed by atoms with van der Waals surface area (Å²) in [6, 6.07) is 0.477. The number of likely N-dealkylation sites (tertiary alicyclic amines) is 1. The lowest BCUT2D eigenvalue weighted by atomic mass is 10.1. The van der Waals surface area contributed by atoms with E-state index >= 15 is 0 Å². The van der Waals surface area contributed by atoms with Crippen LogP contribution in [-0.4, -0.2) is 52.7 Å². The molecule has 7 heteroatoms. The van der Waals surface area contributed by atoms with Gasteiger partial charge in [-0.25, -0.2) is 0 Å². The third-order valence-electron chi connectivity index (χ3n) is 2.94. The largest absolute Gasteiger partial charge is 0.463 e. The third-order valence-corrected chi connectivity index (χ3v) is 3.11. The van der Waals surface area contributed by atoms with Crippen LogP contribution in [0.4, 0.5) is 0 Å². The summed E-state index contributed by atoms with van der Waals surface area (Å²) in [6.07, 6.45) is 2.94. The van der Waals surface area contributed by atoms with E-state index in [2.05, 4.69) is 26.9 Å². The van der Waals surface area contributed by atoms with Crippen molar-refractivity contribution in [3.63, 3.8) is 0 Å². The minimum Gasteiger partial charge on any atom is -0.463 e. The van der Waals surface area contributed by atoms with E-state index in [0.29, 0.717) is 6.61 Å². The first-order chi connectivity index (χ1) is 9.17. The minimum absolute atomic E-state index is 0.101. The SMILES string of the molecule is CCCOc1nc(Cl)nc(OC2CCN(C)CC2)n1. The van der Waals surface area contributed by atoms with Crippen molar-refractivity contribution in [2.45, 2.75) is 32.3 Å². The monoisotopic (exact) mass is 286 g/mol. The molecule has 1 aromatic heterocycles. The molecule has 0 spiro atoms. The Hall–Kier alpha value is -1.14. The van der Waals surface area contributed by atoms with Crippen molar-refractivity contribution in [2.24, 2.45) is 0 Å². The van der Waals surface area contributed by atoms with Gasteiger partial charge in [-0.15, -0.1) is 4.98 Å². The quantitative estimate of drug-likeness (QED) is 0.822. The van der Waals surface area contributed by atoms with Gasteiger partial charge in [-0.2, -0.15) is 9.97 Å². The zero-order chi connectivity index (χ0) is 13.7. The predicted molar refractivity (Wildman–Crippen MR) is 71.8 cm³/mol. The Morgan fingerprint density at radius 3 is 2.58 bits per heavy atom. The van der Waals surface area contributed by atoms with Crippen LogP contribution in [0, 0.1) is 0 Å². The summed E-state index contributed by atoms with van der Waals surface area (Å²) in [4.78, 5) is 14.3. The van der Waals surface area contributed by atoms with Gasteiger partial charge in [0.15, 0.2) is 0 Å². The Balaban J connectivity index is 1.97. The van der Waals surface area contributed by atoms with Crippen LogP contribution in [0.3, 0.4) is 0 Å². The number of piperidine rings is 1. The van der Waals surface area contributed by atoms with E-state index in [1.165, 1.54) is 0 Å². The highest BCUT2D eigenvalue weighted by Gasteiger charge is 2.20. The summed E-state index contributed by atoms with van der Waals surface area (Å²) in [7, 11) is 2.10. The highest BCUT2D eigenvalue weighted by molar-refractivity contribution is 6.28. The molecule has 0 bridgehead atoms. The van der Waals surface area contributed by atoms with Gasteiger partial charge in [0.25, 0.3) is 0 Å². The molecule has 1 saturated heterocycles. The molecule has 0 aromatic carbocycles. The second-order valence-electron chi connectivity index (χ2n) is 4.64. The maximum absolute atomic E-state index is 5.84. The zero-order valence-electron chi connectivity index (χ0n) is 11.3. The van der Waals surface area contributed by atoms with Gasteiger partial charge in [-0.05, 0) is 37.9 Å². The summed E-state index contributed by atoms with van der Waals surface area (Å²) in [6.45, 7) is 4.60. The lowest BCUT2D eigenvalue weighted by molar-refractivity contribution is 0.103. The van der Waals surface area contributed by atoms with Crippen LogP contribution in [0.1, 0.15) is 26.2 Å². The van der Waals surface area contributed by atoms with Crippen molar-refractivity contribution >= 4 is 11.6 Å². The van der Waals surface area contributed by atoms with Gasteiger partial charge in [0.1, 0.15) is 6.10 Å². The fraction of sp³-hybridized carbons (Fsp3) is 0.750. The molecule has 6 nitrogen and oxygen atoms in total. The minimum atomic E-state index is 0.101. The van der Waals surface area contributed by atoms with E-state index in [4.69, 9.17) is 21.1 Å². The van der Waals surface area contributed by atoms with Crippen molar-refractivity contribution in [1.29, 1.82) is 0 Å². The van der Waals surface area contributed by atoms with Gasteiger partial charge < -0.3 is 14.4 Å². The lowest BCUT2D eigenvalue weighted by Crippen LogP contribution is -2.36. The van der Waals surface area contributed by atoms with Crippen LogP contribution in [0.5, 0.6) is 12.0 Å². The van der Waals surface area contributed by atoms with Crippen LogP contribution < -0.4 is 9.47 Å². The molecule has 0 radical (unpaired) electrons. The molecule has 2 rings (SSSR count). The number of hydrogen-bond acceptors (Lipinski definition) is 6. The fourth-order valence-electron chi connectivity index (χ4n) is 1.88. The average molecular weight is 287 g/mol. The van der Waals surface area contributed by atoms with Crippen molar-refractivity contribution < 1.29 is 9.47 Å². The first-order valence-electron chi connectivity index (χ1n) is 6.57. The Labute approximate surface area is 118 Å². The fourth-order valence-corrected chi connectivity index (χ4v) is 2.02. The Bertz CT molecular complexity index is 411. The number of hydrogen-bond donors (Lipinski definition) is 0. The number of aromatic nitrogens is 3. The number of rotatable bonds is 5. The highest BCUT2D eigenvalue weighted by Crippen LogP contribution is 2.18. The average Bonchev–Trinajstić information content (AvgIpc) is 2.38. The molecule has 0 atom stereocenters. The second kappa shape index (κ2) is 6.86. The molecule has 2 heterocycles. The molecular weight excluding hydrogens is 268 g/mol. The molecule has 0 unspecified atom stereocenters. The summed E-state index contributed by atoms with van der Waals surface area (Å²) >= 11 is 5.84. The molecule has 0 amide bonds. The zero-order valence-corrected chi connectivity index (χ0v) is 12.1. The normalized spacial score (nSPS) is 17.4. The lowest BCUT2D eigenvalue weighted by Gasteiger charge is -2.28. The Morgan fingerprint density at radius 1 is 1.21 bits per heavy atom. The standard InChI is InChI=1S/C12H19ClN4O2/c1-3-8-18-11-14-10(13)15-12(16-11)19-9-4-6-17(2)7-5-9/h9H,3-8H2,1-2H3. The molecule has 19 heavy (non-hydrogen) atoms. The topological polar surface area (TPSA) is 60.4 Å². The number of ether oxygens (including phenoxy) is 2. The van der Waals surface area contributed by atoms with Crippen molar-refractivity contribution in [1.82, 2.24) is 19.9 Å². The van der Waals surface area contributed by atoms with Crippen molar-refractivity contribution in [2.75, 3.05) is 26.7 Å². The van der Waals surface area contributed by atoms with E-state index in [-0.39, 0.29) is 23.4 Å². The second-order valence-corrected chi connectivity index (χ2v) is 4.98. The van der Waals surface area contributed by atoms with Crippen LogP contribution in [0.2, 0.25) is 5.28 Å². The molecule has 1 fully saturated rings. The number of halogens is 1. The van der Waals surface area contributed by atoms with E-state index in [1.54, 1.807) is 0 Å². The maximum Gasteiger partial charge on any atom is 0.324 e. The van der Waals surface area contributed by atoms with Crippen molar-refractivity contribution in [3.05, 3.63) is 5.28 Å². The predicted octanol–water partition coefficient (Wildman–Crippen LogP) is 1.79. The summed E-state index contributed by atoms with van der Waals surface area (Å²) < 4.78 is 11.1. The van der Waals surface area contributed by atoms with Gasteiger partial charge in [0.2, 0.25) is 5.28 Å². The molecule has 0 N–H and O–H groups in total. The van der Waals surface area contributed by atoms with E-state index in [9.17, 15) is 0 Å². The van der Waals surface area contributed by atoms with Crippen LogP contribution >= 0.6 is 11.6 Å². The molecular formula is C12H19ClN4O2. The van der Waals surface area contributed by atoms with Gasteiger partial charge in [0, 0.05) is 13.1 Å². The van der Waals surface area contributed by atoms with Gasteiger partial charge in [0.05, 0.1) is 6.61 Å². The maximum atomic E-state index is 5.84. The Kier molecular flexibility index (Phi) is 5.15. The molecule has 1 aliphatic heterocycles. The van der Waals surface area contributed by atoms with Gasteiger partial charge in [-0.3, -0.25) is 0 Å². The van der Waals surface area contributed by atoms with Gasteiger partial charge >= 0.3 is 12.0 Å². The molecule has 1 aromatic rings. The molecule has 106 valence electrons. The number of nitrogens with zero attached hydrogens (tertiary/aromatic N) is 4. The smallest absolute Gasteiger partial charge is 0.324 e. The molecule has 0 aliphatic carbocycles. The molecule has 1 aliphatic rings. The first kappa shape index (κ1) is 14.3. The third kappa shape index (κ3) is 4.47. The highest BCUT2D eigenvalue weighted by atomic mass is 35.5. The van der Waals surface area contributed by atoms with Gasteiger partial charge in [-0.1, -0.05) is 6.92 Å². The van der Waals surface area contributed by atoms with E-state index in [1.807, 2.05) is 6.92 Å². The van der Waals surface area contributed by atoms with Crippen LogP contribution in [0.25, 0.3) is 0 Å². The summed E-state index contributed by atoms with van der Waals surface area (Å²) in [5.74, 6) is 0. The summed E-state index contributed by atoms with van der Waals surface area (Å²) in [5, 5.41) is 0.101. The van der Waals surface area contributed by atoms with Crippen molar-refractivity contribution in [3.8, 4) is 12.0 Å². The summed E-state index contributed by atoms with van der Waals surface area (Å²) in [5.41, 5.74) is 0. The first-order valence-corrected chi connectivity index (χ1v) is 6.94. The van der Waals surface area contributed by atoms with Crippen LogP contribution in [0.15, 0.2) is 0 Å². The molecule has 0 saturated carbocycles. The van der Waals surface area contributed by atoms with E-state index in [0.717, 1.165) is 32.4 Å².